The summed E-state index contributed by atoms with van der Waals surface area (Å²) in [5.41, 5.74) is 0.917. The van der Waals surface area contributed by atoms with E-state index in [9.17, 15) is 0 Å². The molecule has 0 saturated heterocycles. The number of nitrogens with zero attached hydrogens (tertiary/aromatic N) is 3. The summed E-state index contributed by atoms with van der Waals surface area (Å²) in [6, 6.07) is 2.17. The van der Waals surface area contributed by atoms with E-state index < -0.39 is 0 Å². The molecular weight excluding hydrogens is 280 g/mol. The van der Waals surface area contributed by atoms with Crippen LogP contribution in [0.15, 0.2) is 15.1 Å². The van der Waals surface area contributed by atoms with Crippen LogP contribution in [-0.2, 0) is 6.42 Å². The first kappa shape index (κ1) is 16.7. The van der Waals surface area contributed by atoms with Gasteiger partial charge in [-0.2, -0.15) is 4.98 Å². The van der Waals surface area contributed by atoms with Crippen LogP contribution in [0.2, 0.25) is 0 Å². The highest BCUT2D eigenvalue weighted by atomic mass is 35.5. The third kappa shape index (κ3) is 3.80. The van der Waals surface area contributed by atoms with Gasteiger partial charge in [-0.05, 0) is 20.4 Å². The monoisotopic (exact) mass is 300 g/mol. The van der Waals surface area contributed by atoms with Crippen molar-refractivity contribution in [3.63, 3.8) is 0 Å². The fraction of sp³-hybridized carbons (Fsp3) is 0.615. The van der Waals surface area contributed by atoms with Crippen LogP contribution >= 0.6 is 12.4 Å². The standard InChI is InChI=1S/C13H20N4O2.ClH/c1-5-8(2)10-7-11(18-16-10)13-15-12(17-19-13)6-9(3)14-4;/h7-9,14H,5-6H2,1-4H3;1H. The first-order valence-electron chi connectivity index (χ1n) is 6.60. The summed E-state index contributed by atoms with van der Waals surface area (Å²) < 4.78 is 10.5. The van der Waals surface area contributed by atoms with E-state index in [2.05, 4.69) is 41.4 Å². The Hall–Kier alpha value is -1.40. The molecule has 7 heteroatoms. The van der Waals surface area contributed by atoms with Gasteiger partial charge in [0.1, 0.15) is 0 Å². The van der Waals surface area contributed by atoms with Gasteiger partial charge >= 0.3 is 0 Å². The topological polar surface area (TPSA) is 77.0 Å². The zero-order chi connectivity index (χ0) is 13.8. The molecule has 0 aliphatic rings. The van der Waals surface area contributed by atoms with E-state index >= 15 is 0 Å². The van der Waals surface area contributed by atoms with Gasteiger partial charge in [0, 0.05) is 24.4 Å². The lowest BCUT2D eigenvalue weighted by atomic mass is 10.1. The molecule has 0 radical (unpaired) electrons. The van der Waals surface area contributed by atoms with E-state index in [0.29, 0.717) is 35.9 Å². The van der Waals surface area contributed by atoms with Crippen molar-refractivity contribution in [3.8, 4) is 11.7 Å². The Kier molecular flexibility index (Phi) is 6.16. The van der Waals surface area contributed by atoms with Crippen LogP contribution in [0.5, 0.6) is 0 Å². The first-order valence-corrected chi connectivity index (χ1v) is 6.60. The van der Waals surface area contributed by atoms with Crippen molar-refractivity contribution < 1.29 is 9.05 Å². The average molecular weight is 301 g/mol. The molecule has 0 aromatic carbocycles. The number of hydrogen-bond donors (Lipinski definition) is 1. The lowest BCUT2D eigenvalue weighted by Gasteiger charge is -2.04. The summed E-state index contributed by atoms with van der Waals surface area (Å²) in [6.45, 7) is 6.28. The van der Waals surface area contributed by atoms with Crippen LogP contribution < -0.4 is 5.32 Å². The minimum absolute atomic E-state index is 0. The van der Waals surface area contributed by atoms with Crippen molar-refractivity contribution in [2.45, 2.75) is 45.6 Å². The molecule has 0 spiro atoms. The number of hydrogen-bond acceptors (Lipinski definition) is 6. The molecule has 0 fully saturated rings. The van der Waals surface area contributed by atoms with Crippen molar-refractivity contribution in [2.24, 2.45) is 0 Å². The Labute approximate surface area is 124 Å². The summed E-state index contributed by atoms with van der Waals surface area (Å²) in [6.07, 6.45) is 1.73. The van der Waals surface area contributed by atoms with Crippen LogP contribution in [0.3, 0.4) is 0 Å². The van der Waals surface area contributed by atoms with Crippen LogP contribution in [0.4, 0.5) is 0 Å². The van der Waals surface area contributed by atoms with Crippen LogP contribution in [0.25, 0.3) is 11.7 Å². The molecule has 2 rings (SSSR count). The smallest absolute Gasteiger partial charge is 0.296 e. The van der Waals surface area contributed by atoms with Gasteiger partial charge in [-0.25, -0.2) is 0 Å². The summed E-state index contributed by atoms with van der Waals surface area (Å²) in [7, 11) is 1.90. The van der Waals surface area contributed by atoms with Gasteiger partial charge in [0.2, 0.25) is 5.76 Å². The highest BCUT2D eigenvalue weighted by molar-refractivity contribution is 5.85. The maximum atomic E-state index is 5.26. The lowest BCUT2D eigenvalue weighted by Crippen LogP contribution is -2.24. The first-order chi connectivity index (χ1) is 9.13. The number of nitrogens with one attached hydrogen (secondary N) is 1. The summed E-state index contributed by atoms with van der Waals surface area (Å²) in [5, 5.41) is 11.1. The summed E-state index contributed by atoms with van der Waals surface area (Å²) in [5.74, 6) is 1.95. The van der Waals surface area contributed by atoms with Crippen LogP contribution in [0.1, 0.15) is 44.6 Å². The van der Waals surface area contributed by atoms with Gasteiger partial charge in [-0.3, -0.25) is 0 Å². The molecule has 0 aliphatic heterocycles. The number of halogens is 1. The quantitative estimate of drug-likeness (QED) is 0.884. The van der Waals surface area contributed by atoms with Crippen LogP contribution in [0, 0.1) is 0 Å². The minimum atomic E-state index is 0. The molecule has 0 amide bonds. The van der Waals surface area contributed by atoms with Gasteiger partial charge in [-0.1, -0.05) is 24.2 Å². The van der Waals surface area contributed by atoms with Gasteiger partial charge < -0.3 is 14.4 Å². The second kappa shape index (κ2) is 7.40. The van der Waals surface area contributed by atoms with Gasteiger partial charge in [0.15, 0.2) is 5.82 Å². The zero-order valence-corrected chi connectivity index (χ0v) is 13.0. The summed E-state index contributed by atoms with van der Waals surface area (Å²) in [4.78, 5) is 4.32. The fourth-order valence-corrected chi connectivity index (χ4v) is 1.64. The predicted molar refractivity (Wildman–Crippen MR) is 78.0 cm³/mol. The Morgan fingerprint density at radius 1 is 1.25 bits per heavy atom. The molecule has 0 saturated carbocycles. The molecule has 0 aliphatic carbocycles. The van der Waals surface area contributed by atoms with Gasteiger partial charge in [0.25, 0.3) is 5.89 Å². The van der Waals surface area contributed by atoms with Crippen molar-refractivity contribution in [1.29, 1.82) is 0 Å². The normalized spacial score (nSPS) is 13.8. The van der Waals surface area contributed by atoms with Gasteiger partial charge in [-0.15, -0.1) is 12.4 Å². The molecule has 1 N–H and O–H groups in total. The van der Waals surface area contributed by atoms with E-state index in [1.165, 1.54) is 0 Å². The maximum absolute atomic E-state index is 5.26. The van der Waals surface area contributed by atoms with E-state index in [1.54, 1.807) is 0 Å². The van der Waals surface area contributed by atoms with E-state index in [-0.39, 0.29) is 12.4 Å². The zero-order valence-electron chi connectivity index (χ0n) is 12.2. The van der Waals surface area contributed by atoms with Crippen molar-refractivity contribution >= 4 is 12.4 Å². The summed E-state index contributed by atoms with van der Waals surface area (Å²) >= 11 is 0. The number of rotatable bonds is 6. The van der Waals surface area contributed by atoms with Crippen molar-refractivity contribution in [3.05, 3.63) is 17.6 Å². The molecular formula is C13H21ClN4O2. The third-order valence-corrected chi connectivity index (χ3v) is 3.31. The molecule has 20 heavy (non-hydrogen) atoms. The molecule has 2 unspecified atom stereocenters. The molecule has 0 bridgehead atoms. The average Bonchev–Trinajstić information content (AvgIpc) is 3.05. The third-order valence-electron chi connectivity index (χ3n) is 3.31. The largest absolute Gasteiger partial charge is 0.351 e. The van der Waals surface area contributed by atoms with E-state index in [4.69, 9.17) is 9.05 Å². The van der Waals surface area contributed by atoms with Gasteiger partial charge in [0.05, 0.1) is 5.69 Å². The highest BCUT2D eigenvalue weighted by Gasteiger charge is 2.17. The molecule has 2 aromatic heterocycles. The highest BCUT2D eigenvalue weighted by Crippen LogP contribution is 2.24. The van der Waals surface area contributed by atoms with Crippen molar-refractivity contribution in [2.75, 3.05) is 7.05 Å². The Bertz CT molecular complexity index is 526. The predicted octanol–water partition coefficient (Wildman–Crippen LogP) is 2.81. The second-order valence-corrected chi connectivity index (χ2v) is 4.83. The van der Waals surface area contributed by atoms with E-state index in [0.717, 1.165) is 12.1 Å². The SMILES string of the molecule is CCC(C)c1cc(-c2nc(CC(C)NC)no2)on1.Cl. The minimum Gasteiger partial charge on any atom is -0.351 e. The lowest BCUT2D eigenvalue weighted by molar-refractivity contribution is 0.375. The number of aromatic nitrogens is 3. The second-order valence-electron chi connectivity index (χ2n) is 4.83. The Balaban J connectivity index is 0.00000200. The fourth-order valence-electron chi connectivity index (χ4n) is 1.64. The molecule has 2 heterocycles. The Morgan fingerprint density at radius 3 is 2.65 bits per heavy atom. The molecule has 112 valence electrons. The number of likely N-dealkylation sites (N-methyl/N-ethyl adjacent to an activating group) is 1. The van der Waals surface area contributed by atoms with Crippen molar-refractivity contribution in [1.82, 2.24) is 20.6 Å². The maximum Gasteiger partial charge on any atom is 0.296 e. The molecule has 6 nitrogen and oxygen atoms in total. The Morgan fingerprint density at radius 2 is 2.00 bits per heavy atom. The van der Waals surface area contributed by atoms with Crippen LogP contribution in [-0.4, -0.2) is 28.4 Å². The molecule has 2 aromatic rings. The van der Waals surface area contributed by atoms with E-state index in [1.807, 2.05) is 13.1 Å². The molecule has 2 atom stereocenters.